The number of nitriles is 1. The molecular weight excluding hydrogens is 420 g/mol. The van der Waals surface area contributed by atoms with E-state index in [1.165, 1.54) is 6.20 Å². The van der Waals surface area contributed by atoms with Crippen LogP contribution in [0.5, 0.6) is 0 Å². The van der Waals surface area contributed by atoms with Crippen molar-refractivity contribution in [2.75, 3.05) is 31.6 Å². The van der Waals surface area contributed by atoms with Gasteiger partial charge in [-0.05, 0) is 42.7 Å². The quantitative estimate of drug-likeness (QED) is 0.484. The molecule has 2 aliphatic heterocycles. The number of benzene rings is 1. The maximum atomic E-state index is 11.9. The van der Waals surface area contributed by atoms with E-state index in [-0.39, 0.29) is 24.7 Å². The molecular formula is C24H28N6O3. The summed E-state index contributed by atoms with van der Waals surface area (Å²) in [4.78, 5) is 18.3. The van der Waals surface area contributed by atoms with Crippen LogP contribution in [0.1, 0.15) is 44.2 Å². The van der Waals surface area contributed by atoms with E-state index in [2.05, 4.69) is 26.6 Å². The molecule has 9 nitrogen and oxygen atoms in total. The molecule has 5 N–H and O–H groups in total. The second-order valence-corrected chi connectivity index (χ2v) is 8.53. The Labute approximate surface area is 192 Å². The van der Waals surface area contributed by atoms with Gasteiger partial charge < -0.3 is 26.2 Å². The third kappa shape index (κ3) is 4.83. The van der Waals surface area contributed by atoms with E-state index in [4.69, 9.17) is 15.7 Å². The lowest BCUT2D eigenvalue weighted by atomic mass is 9.92. The number of pyridine rings is 1. The molecule has 2 aliphatic rings. The molecule has 0 radical (unpaired) electrons. The molecule has 0 spiro atoms. The van der Waals surface area contributed by atoms with E-state index in [0.717, 1.165) is 22.3 Å². The predicted molar refractivity (Wildman–Crippen MR) is 123 cm³/mol. The van der Waals surface area contributed by atoms with Crippen LogP contribution in [0.3, 0.4) is 0 Å². The Hall–Kier alpha value is -3.45. The lowest BCUT2D eigenvalue weighted by Gasteiger charge is -2.39. The molecule has 2 aromatic rings. The number of fused-ring (bicyclic) bond motifs is 1. The zero-order valence-electron chi connectivity index (χ0n) is 18.8. The zero-order chi connectivity index (χ0) is 23.5. The van der Waals surface area contributed by atoms with Crippen molar-refractivity contribution in [3.63, 3.8) is 0 Å². The summed E-state index contributed by atoms with van der Waals surface area (Å²) >= 11 is 0. The van der Waals surface area contributed by atoms with Crippen LogP contribution in [0, 0.1) is 25.2 Å². The summed E-state index contributed by atoms with van der Waals surface area (Å²) < 4.78 is 5.18. The number of ether oxygens (including phenoxy) is 1. The highest BCUT2D eigenvalue weighted by molar-refractivity contribution is 5.94. The third-order valence-electron chi connectivity index (χ3n) is 6.20. The lowest BCUT2D eigenvalue weighted by Crippen LogP contribution is -2.54. The van der Waals surface area contributed by atoms with Crippen molar-refractivity contribution in [1.82, 2.24) is 15.2 Å². The molecule has 4 rings (SSSR count). The number of esters is 1. The van der Waals surface area contributed by atoms with Crippen LogP contribution in [-0.4, -0.2) is 53.2 Å². The van der Waals surface area contributed by atoms with E-state index in [1.54, 1.807) is 12.3 Å². The van der Waals surface area contributed by atoms with E-state index in [0.29, 0.717) is 48.9 Å². The van der Waals surface area contributed by atoms with Crippen molar-refractivity contribution >= 4 is 11.8 Å². The standard InChI is InChI=1S/C24H28N6O3/c1-14-5-23(27-7-16(14)6-25)28-8-17(26)9-30-10-18(12-31)29-22(11-30)19-3-4-20-21(15(19)2)13-33-24(20)32/h3-5,7-8,18,22,29,31H,9-13,26H2,1-2H3,(H,27,28)/b17-8-. The number of carbonyl (C=O) groups is 1. The maximum Gasteiger partial charge on any atom is 0.338 e. The number of cyclic esters (lactones) is 1. The second-order valence-electron chi connectivity index (χ2n) is 8.53. The number of aromatic nitrogens is 1. The van der Waals surface area contributed by atoms with Crippen molar-refractivity contribution in [2.24, 2.45) is 5.73 Å². The topological polar surface area (TPSA) is 137 Å². The molecule has 2 unspecified atom stereocenters. The molecule has 0 amide bonds. The van der Waals surface area contributed by atoms with E-state index in [9.17, 15) is 9.90 Å². The first-order valence-electron chi connectivity index (χ1n) is 10.9. The summed E-state index contributed by atoms with van der Waals surface area (Å²) in [6.07, 6.45) is 3.24. The second kappa shape index (κ2) is 9.58. The first kappa shape index (κ1) is 22.7. The maximum absolute atomic E-state index is 11.9. The molecule has 1 fully saturated rings. The van der Waals surface area contributed by atoms with Gasteiger partial charge in [-0.3, -0.25) is 4.90 Å². The van der Waals surface area contributed by atoms with Crippen molar-refractivity contribution in [2.45, 2.75) is 32.5 Å². The number of aryl methyl sites for hydroxylation is 1. The van der Waals surface area contributed by atoms with Crippen LogP contribution in [0.15, 0.2) is 36.3 Å². The molecule has 0 bridgehead atoms. The Balaban J connectivity index is 1.46. The number of nitrogens with one attached hydrogen (secondary N) is 2. The van der Waals surface area contributed by atoms with Gasteiger partial charge in [0.25, 0.3) is 0 Å². The number of aliphatic hydroxyl groups is 1. The first-order valence-corrected chi connectivity index (χ1v) is 10.9. The fourth-order valence-electron chi connectivity index (χ4n) is 4.43. The highest BCUT2D eigenvalue weighted by Gasteiger charge is 2.31. The van der Waals surface area contributed by atoms with Crippen LogP contribution in [0.4, 0.5) is 5.82 Å². The minimum absolute atomic E-state index is 0.00882. The van der Waals surface area contributed by atoms with Gasteiger partial charge in [-0.2, -0.15) is 5.26 Å². The van der Waals surface area contributed by atoms with Crippen molar-refractivity contribution in [3.8, 4) is 6.07 Å². The zero-order valence-corrected chi connectivity index (χ0v) is 18.8. The fourth-order valence-corrected chi connectivity index (χ4v) is 4.43. The van der Waals surface area contributed by atoms with Gasteiger partial charge in [0, 0.05) is 55.4 Å². The minimum atomic E-state index is -0.275. The molecule has 0 saturated carbocycles. The van der Waals surface area contributed by atoms with Crippen molar-refractivity contribution in [3.05, 3.63) is 69.7 Å². The summed E-state index contributed by atoms with van der Waals surface area (Å²) in [6.45, 7) is 6.05. The number of anilines is 1. The van der Waals surface area contributed by atoms with Crippen LogP contribution in [-0.2, 0) is 11.3 Å². The van der Waals surface area contributed by atoms with Gasteiger partial charge in [-0.25, -0.2) is 9.78 Å². The van der Waals surface area contributed by atoms with Crippen molar-refractivity contribution in [1.29, 1.82) is 5.26 Å². The van der Waals surface area contributed by atoms with Crippen molar-refractivity contribution < 1.29 is 14.6 Å². The Morgan fingerprint density at radius 3 is 3.00 bits per heavy atom. The largest absolute Gasteiger partial charge is 0.457 e. The number of piperazine rings is 1. The number of rotatable bonds is 6. The average Bonchev–Trinajstić information content (AvgIpc) is 3.19. The molecule has 2 atom stereocenters. The van der Waals surface area contributed by atoms with Gasteiger partial charge in [-0.1, -0.05) is 6.07 Å². The normalized spacial score (nSPS) is 20.8. The SMILES string of the molecule is Cc1cc(N/C=C(\N)CN2CC(CO)NC(c3ccc4c(c3C)COC4=O)C2)ncc1C#N. The van der Waals surface area contributed by atoms with E-state index >= 15 is 0 Å². The molecule has 172 valence electrons. The average molecular weight is 449 g/mol. The van der Waals surface area contributed by atoms with E-state index < -0.39 is 0 Å². The summed E-state index contributed by atoms with van der Waals surface area (Å²) in [6, 6.07) is 7.58. The molecule has 0 aliphatic carbocycles. The number of nitrogens with two attached hydrogens (primary N) is 1. The predicted octanol–water partition coefficient (Wildman–Crippen LogP) is 1.46. The molecule has 1 aromatic carbocycles. The number of carbonyl (C=O) groups excluding carboxylic acids is 1. The Kier molecular flexibility index (Phi) is 6.60. The van der Waals surface area contributed by atoms with Crippen LogP contribution in [0.2, 0.25) is 0 Å². The van der Waals surface area contributed by atoms with Gasteiger partial charge in [0.05, 0.1) is 17.7 Å². The summed E-state index contributed by atoms with van der Waals surface area (Å²) in [5, 5.41) is 25.5. The van der Waals surface area contributed by atoms with Crippen LogP contribution in [0.25, 0.3) is 0 Å². The highest BCUT2D eigenvalue weighted by Crippen LogP contribution is 2.30. The summed E-state index contributed by atoms with van der Waals surface area (Å²) in [5.41, 5.74) is 12.0. The Bertz CT molecular complexity index is 1140. The minimum Gasteiger partial charge on any atom is -0.457 e. The summed E-state index contributed by atoms with van der Waals surface area (Å²) in [5.74, 6) is 0.342. The van der Waals surface area contributed by atoms with Gasteiger partial charge in [0.1, 0.15) is 18.5 Å². The summed E-state index contributed by atoms with van der Waals surface area (Å²) in [7, 11) is 0. The highest BCUT2D eigenvalue weighted by atomic mass is 16.5. The molecule has 9 heteroatoms. The molecule has 1 aromatic heterocycles. The molecule has 3 heterocycles. The number of hydrogen-bond acceptors (Lipinski definition) is 9. The van der Waals surface area contributed by atoms with Gasteiger partial charge in [0.2, 0.25) is 0 Å². The first-order chi connectivity index (χ1) is 15.9. The fraction of sp³-hybridized carbons (Fsp3) is 0.375. The Morgan fingerprint density at radius 1 is 1.45 bits per heavy atom. The number of aliphatic hydroxyl groups excluding tert-OH is 1. The van der Waals surface area contributed by atoms with Gasteiger partial charge in [-0.15, -0.1) is 0 Å². The number of nitrogens with zero attached hydrogens (tertiary/aromatic N) is 3. The number of hydrogen-bond donors (Lipinski definition) is 4. The van der Waals surface area contributed by atoms with Crippen LogP contribution >= 0.6 is 0 Å². The monoisotopic (exact) mass is 448 g/mol. The molecule has 33 heavy (non-hydrogen) atoms. The Morgan fingerprint density at radius 2 is 2.27 bits per heavy atom. The van der Waals surface area contributed by atoms with Crippen LogP contribution < -0.4 is 16.4 Å². The smallest absolute Gasteiger partial charge is 0.338 e. The lowest BCUT2D eigenvalue weighted by molar-refractivity contribution is 0.0535. The van der Waals surface area contributed by atoms with Gasteiger partial charge in [0.15, 0.2) is 0 Å². The van der Waals surface area contributed by atoms with Gasteiger partial charge >= 0.3 is 5.97 Å². The van der Waals surface area contributed by atoms with E-state index in [1.807, 2.05) is 26.0 Å². The third-order valence-corrected chi connectivity index (χ3v) is 6.20. The molecule has 1 saturated heterocycles.